The molecular weight excluding hydrogens is 170 g/mol. The summed E-state index contributed by atoms with van der Waals surface area (Å²) in [5.74, 6) is -1.32. The van der Waals surface area contributed by atoms with Gasteiger partial charge in [-0.2, -0.15) is 0 Å². The van der Waals surface area contributed by atoms with E-state index in [1.807, 2.05) is 0 Å². The summed E-state index contributed by atoms with van der Waals surface area (Å²) in [6.45, 7) is 0. The maximum absolute atomic E-state index is 10.6. The fraction of sp³-hybridized carbons (Fsp3) is 0.333. The van der Waals surface area contributed by atoms with Crippen LogP contribution in [0, 0.1) is 0 Å². The van der Waals surface area contributed by atoms with E-state index in [0.29, 0.717) is 0 Å². The molecule has 0 fully saturated rings. The zero-order chi connectivity index (χ0) is 9.42. The van der Waals surface area contributed by atoms with Crippen LogP contribution >= 0.6 is 0 Å². The van der Waals surface area contributed by atoms with Crippen LogP contribution in [0.4, 0.5) is 0 Å². The highest BCUT2D eigenvalue weighted by Gasteiger charge is 2.21. The van der Waals surface area contributed by atoms with E-state index in [9.17, 15) is 9.90 Å². The summed E-state index contributed by atoms with van der Waals surface area (Å²) in [6, 6.07) is 0. The third-order valence-electron chi connectivity index (χ3n) is 2.32. The normalized spacial score (nSPS) is 14.2. The highest BCUT2D eigenvalue weighted by Crippen LogP contribution is 2.31. The minimum atomic E-state index is -1.17. The topological polar surface area (TPSA) is 70.4 Å². The Hall–Kier alpha value is -1.58. The minimum absolute atomic E-state index is 0.150. The predicted molar refractivity (Wildman–Crippen MR) is 44.9 cm³/mol. The Bertz CT molecular complexity index is 373. The molecular formula is C9H9NO3. The Morgan fingerprint density at radius 1 is 1.46 bits per heavy atom. The third kappa shape index (κ3) is 1.14. The Morgan fingerprint density at radius 2 is 2.23 bits per heavy atom. The van der Waals surface area contributed by atoms with E-state index in [1.165, 1.54) is 0 Å². The SMILES string of the molecule is O=C(O)c1ncc2c(c1O)CCC2. The summed E-state index contributed by atoms with van der Waals surface area (Å²) >= 11 is 0. The van der Waals surface area contributed by atoms with E-state index >= 15 is 0 Å². The lowest BCUT2D eigenvalue weighted by atomic mass is 10.1. The predicted octanol–water partition coefficient (Wildman–Crippen LogP) is 0.974. The van der Waals surface area contributed by atoms with Crippen molar-refractivity contribution in [1.29, 1.82) is 0 Å². The van der Waals surface area contributed by atoms with Gasteiger partial charge in [-0.15, -0.1) is 0 Å². The van der Waals surface area contributed by atoms with Gasteiger partial charge in [0.05, 0.1) is 0 Å². The number of aromatic nitrogens is 1. The Labute approximate surface area is 74.9 Å². The smallest absolute Gasteiger partial charge is 0.358 e. The van der Waals surface area contributed by atoms with Crippen molar-refractivity contribution in [3.63, 3.8) is 0 Å². The van der Waals surface area contributed by atoms with Gasteiger partial charge >= 0.3 is 5.97 Å². The Kier molecular flexibility index (Phi) is 1.69. The second-order valence-corrected chi connectivity index (χ2v) is 3.12. The summed E-state index contributed by atoms with van der Waals surface area (Å²) in [5.41, 5.74) is 1.50. The molecule has 4 heteroatoms. The molecule has 2 N–H and O–H groups in total. The van der Waals surface area contributed by atoms with Crippen molar-refractivity contribution in [2.45, 2.75) is 19.3 Å². The van der Waals surface area contributed by atoms with Crippen LogP contribution in [-0.2, 0) is 12.8 Å². The standard InChI is InChI=1S/C9H9NO3/c11-8-6-3-1-2-5(6)4-10-7(8)9(12)13/h4,11H,1-3H2,(H,12,13). The number of hydrogen-bond donors (Lipinski definition) is 2. The zero-order valence-corrected chi connectivity index (χ0v) is 6.95. The number of pyridine rings is 1. The van der Waals surface area contributed by atoms with Crippen LogP contribution in [0.2, 0.25) is 0 Å². The molecule has 2 rings (SSSR count). The lowest BCUT2D eigenvalue weighted by Gasteiger charge is -2.03. The lowest BCUT2D eigenvalue weighted by Crippen LogP contribution is -2.02. The van der Waals surface area contributed by atoms with E-state index in [1.54, 1.807) is 6.20 Å². The second kappa shape index (κ2) is 2.73. The largest absolute Gasteiger partial charge is 0.505 e. The van der Waals surface area contributed by atoms with E-state index in [4.69, 9.17) is 5.11 Å². The van der Waals surface area contributed by atoms with Gasteiger partial charge in [-0.3, -0.25) is 0 Å². The van der Waals surface area contributed by atoms with Crippen molar-refractivity contribution in [3.05, 3.63) is 23.0 Å². The molecule has 1 aliphatic carbocycles. The summed E-state index contributed by atoms with van der Waals surface area (Å²) < 4.78 is 0. The van der Waals surface area contributed by atoms with Crippen molar-refractivity contribution in [2.24, 2.45) is 0 Å². The van der Waals surface area contributed by atoms with E-state index in [-0.39, 0.29) is 11.4 Å². The van der Waals surface area contributed by atoms with Crippen LogP contribution in [0.5, 0.6) is 5.75 Å². The number of fused-ring (bicyclic) bond motifs is 1. The highest BCUT2D eigenvalue weighted by molar-refractivity contribution is 5.89. The molecule has 0 saturated carbocycles. The number of aryl methyl sites for hydroxylation is 1. The fourth-order valence-electron chi connectivity index (χ4n) is 1.68. The average Bonchev–Trinajstić information content (AvgIpc) is 2.52. The molecule has 1 heterocycles. The summed E-state index contributed by atoms with van der Waals surface area (Å²) in [7, 11) is 0. The van der Waals surface area contributed by atoms with Crippen molar-refractivity contribution in [2.75, 3.05) is 0 Å². The van der Waals surface area contributed by atoms with E-state index in [2.05, 4.69) is 4.98 Å². The molecule has 0 aromatic carbocycles. The molecule has 1 aromatic heterocycles. The number of carboxylic acid groups (broad SMARTS) is 1. The first-order chi connectivity index (χ1) is 6.20. The van der Waals surface area contributed by atoms with Crippen LogP contribution in [0.15, 0.2) is 6.20 Å². The van der Waals surface area contributed by atoms with E-state index < -0.39 is 5.97 Å². The fourth-order valence-corrected chi connectivity index (χ4v) is 1.68. The molecule has 0 unspecified atom stereocenters. The first-order valence-corrected chi connectivity index (χ1v) is 4.13. The Morgan fingerprint density at radius 3 is 2.92 bits per heavy atom. The lowest BCUT2D eigenvalue weighted by molar-refractivity contribution is 0.0687. The zero-order valence-electron chi connectivity index (χ0n) is 6.95. The van der Waals surface area contributed by atoms with Gasteiger partial charge in [-0.25, -0.2) is 9.78 Å². The van der Waals surface area contributed by atoms with Crippen LogP contribution in [0.1, 0.15) is 28.0 Å². The van der Waals surface area contributed by atoms with Crippen molar-refractivity contribution >= 4 is 5.97 Å². The Balaban J connectivity index is 2.59. The van der Waals surface area contributed by atoms with Crippen molar-refractivity contribution in [1.82, 2.24) is 4.98 Å². The average molecular weight is 179 g/mol. The van der Waals surface area contributed by atoms with Crippen LogP contribution in [0.3, 0.4) is 0 Å². The van der Waals surface area contributed by atoms with Gasteiger partial charge in [0.15, 0.2) is 11.4 Å². The molecule has 0 aliphatic heterocycles. The van der Waals surface area contributed by atoms with Gasteiger partial charge in [0.2, 0.25) is 0 Å². The molecule has 13 heavy (non-hydrogen) atoms. The van der Waals surface area contributed by atoms with Gasteiger partial charge in [-0.1, -0.05) is 0 Å². The summed E-state index contributed by atoms with van der Waals surface area (Å²) in [4.78, 5) is 14.3. The van der Waals surface area contributed by atoms with Crippen LogP contribution < -0.4 is 0 Å². The highest BCUT2D eigenvalue weighted by atomic mass is 16.4. The van der Waals surface area contributed by atoms with Crippen LogP contribution in [-0.4, -0.2) is 21.2 Å². The van der Waals surface area contributed by atoms with Gasteiger partial charge in [0.25, 0.3) is 0 Å². The molecule has 0 bridgehead atoms. The molecule has 1 aromatic rings. The van der Waals surface area contributed by atoms with E-state index in [0.717, 1.165) is 30.4 Å². The van der Waals surface area contributed by atoms with Gasteiger partial charge in [0.1, 0.15) is 0 Å². The number of hydrogen-bond acceptors (Lipinski definition) is 3. The van der Waals surface area contributed by atoms with Crippen molar-refractivity contribution < 1.29 is 15.0 Å². The first-order valence-electron chi connectivity index (χ1n) is 4.13. The number of nitrogens with zero attached hydrogens (tertiary/aromatic N) is 1. The monoisotopic (exact) mass is 179 g/mol. The summed E-state index contributed by atoms with van der Waals surface area (Å²) in [6.07, 6.45) is 4.15. The molecule has 0 saturated heterocycles. The second-order valence-electron chi connectivity index (χ2n) is 3.12. The van der Waals surface area contributed by atoms with Crippen molar-refractivity contribution in [3.8, 4) is 5.75 Å². The maximum Gasteiger partial charge on any atom is 0.358 e. The quantitative estimate of drug-likeness (QED) is 0.674. The third-order valence-corrected chi connectivity index (χ3v) is 2.32. The number of rotatable bonds is 1. The maximum atomic E-state index is 10.6. The number of aromatic hydroxyl groups is 1. The van der Waals surface area contributed by atoms with Gasteiger partial charge in [-0.05, 0) is 24.8 Å². The van der Waals surface area contributed by atoms with Gasteiger partial charge in [0, 0.05) is 11.8 Å². The molecule has 0 spiro atoms. The summed E-state index contributed by atoms with van der Waals surface area (Å²) in [5, 5.41) is 18.2. The molecule has 0 atom stereocenters. The molecule has 68 valence electrons. The van der Waals surface area contributed by atoms with Gasteiger partial charge < -0.3 is 10.2 Å². The molecule has 0 radical (unpaired) electrons. The molecule has 1 aliphatic rings. The number of carboxylic acids is 1. The first kappa shape index (κ1) is 8.04. The molecule has 0 amide bonds. The number of carbonyl (C=O) groups is 1. The number of aromatic carboxylic acids is 1. The van der Waals surface area contributed by atoms with Crippen LogP contribution in [0.25, 0.3) is 0 Å². The molecule has 4 nitrogen and oxygen atoms in total. The minimum Gasteiger partial charge on any atom is -0.505 e.